The van der Waals surface area contributed by atoms with Crippen LogP contribution in [0.4, 0.5) is 0 Å². The lowest BCUT2D eigenvalue weighted by Crippen LogP contribution is -2.49. The van der Waals surface area contributed by atoms with E-state index in [9.17, 15) is 0 Å². The molecule has 2 saturated heterocycles. The number of hydrogen-bond donors (Lipinski definition) is 0. The van der Waals surface area contributed by atoms with Crippen LogP contribution in [0, 0.1) is 24.2 Å². The molecule has 0 saturated carbocycles. The van der Waals surface area contributed by atoms with E-state index in [2.05, 4.69) is 38.8 Å². The number of methoxy groups -OCH3 is 2. The van der Waals surface area contributed by atoms with Gasteiger partial charge in [0.2, 0.25) is 0 Å². The van der Waals surface area contributed by atoms with Crippen molar-refractivity contribution in [3.05, 3.63) is 71.8 Å². The molecule has 2 aromatic rings. The minimum Gasteiger partial charge on any atom is -0.497 e. The molecule has 8 heteroatoms. The lowest BCUT2D eigenvalue weighted by atomic mass is 9.92. The summed E-state index contributed by atoms with van der Waals surface area (Å²) >= 11 is 0. The van der Waals surface area contributed by atoms with Crippen molar-refractivity contribution in [1.82, 2.24) is 0 Å². The number of benzene rings is 2. The largest absolute Gasteiger partial charge is 0.497 e. The second kappa shape index (κ2) is 17.8. The van der Waals surface area contributed by atoms with Crippen molar-refractivity contribution in [3.63, 3.8) is 0 Å². The van der Waals surface area contributed by atoms with Gasteiger partial charge in [0.1, 0.15) is 17.6 Å². The molecule has 0 bridgehead atoms. The van der Waals surface area contributed by atoms with Gasteiger partial charge >= 0.3 is 0 Å². The van der Waals surface area contributed by atoms with Crippen LogP contribution in [0.25, 0.3) is 0 Å². The first-order valence-corrected chi connectivity index (χ1v) is 17.6. The summed E-state index contributed by atoms with van der Waals surface area (Å²) < 4.78 is 48.6. The quantitative estimate of drug-likeness (QED) is 0.130. The molecule has 8 nitrogen and oxygen atoms in total. The fourth-order valence-corrected chi connectivity index (χ4v) is 6.83. The van der Waals surface area contributed by atoms with E-state index in [4.69, 9.17) is 44.3 Å². The van der Waals surface area contributed by atoms with Crippen molar-refractivity contribution >= 4 is 0 Å². The average Bonchev–Trinajstić information content (AvgIpc) is 3.04. The minimum absolute atomic E-state index is 0.0461. The summed E-state index contributed by atoms with van der Waals surface area (Å²) in [4.78, 5) is 0. The molecule has 0 radical (unpaired) electrons. The molecular formula is C41H58O8. The van der Waals surface area contributed by atoms with Gasteiger partial charge in [0.25, 0.3) is 0 Å². The van der Waals surface area contributed by atoms with Crippen LogP contribution in [0.3, 0.4) is 0 Å². The smallest absolute Gasteiger partial charge is 0.163 e. The van der Waals surface area contributed by atoms with Gasteiger partial charge in [0.05, 0.1) is 58.0 Å². The Kier molecular flexibility index (Phi) is 14.2. The molecule has 4 rings (SSSR count). The van der Waals surface area contributed by atoms with E-state index in [1.54, 1.807) is 14.2 Å². The van der Waals surface area contributed by atoms with E-state index >= 15 is 0 Å². The highest BCUT2D eigenvalue weighted by Gasteiger charge is 2.41. The maximum Gasteiger partial charge on any atom is 0.163 e. The first-order chi connectivity index (χ1) is 23.3. The molecular weight excluding hydrogens is 620 g/mol. The zero-order valence-electron chi connectivity index (χ0n) is 31.0. The van der Waals surface area contributed by atoms with Gasteiger partial charge < -0.3 is 37.9 Å². The van der Waals surface area contributed by atoms with Gasteiger partial charge in [0, 0.05) is 31.6 Å². The highest BCUT2D eigenvalue weighted by molar-refractivity contribution is 5.27. The topological polar surface area (TPSA) is 73.8 Å². The second-order valence-corrected chi connectivity index (χ2v) is 14.5. The van der Waals surface area contributed by atoms with Crippen LogP contribution in [0.15, 0.2) is 60.7 Å². The maximum atomic E-state index is 6.44. The lowest BCUT2D eigenvalue weighted by molar-refractivity contribution is -0.322. The van der Waals surface area contributed by atoms with Gasteiger partial charge in [-0.25, -0.2) is 0 Å². The average molecular weight is 679 g/mol. The van der Waals surface area contributed by atoms with Gasteiger partial charge in [-0.2, -0.15) is 0 Å². The molecule has 2 aromatic carbocycles. The predicted octanol–water partition coefficient (Wildman–Crippen LogP) is 8.26. The van der Waals surface area contributed by atoms with Gasteiger partial charge in [-0.1, -0.05) is 63.1 Å². The van der Waals surface area contributed by atoms with Crippen LogP contribution in [-0.4, -0.2) is 62.4 Å². The molecule has 7 atom stereocenters. The van der Waals surface area contributed by atoms with Crippen molar-refractivity contribution in [2.75, 3.05) is 14.2 Å². The summed E-state index contributed by atoms with van der Waals surface area (Å²) in [5.74, 6) is 3.52. The molecule has 0 N–H and O–H groups in total. The third kappa shape index (κ3) is 12.4. The molecule has 49 heavy (non-hydrogen) atoms. The van der Waals surface area contributed by atoms with Crippen molar-refractivity contribution < 1.29 is 37.9 Å². The third-order valence-electron chi connectivity index (χ3n) is 9.01. The van der Waals surface area contributed by atoms with Gasteiger partial charge in [-0.05, 0) is 69.0 Å². The van der Waals surface area contributed by atoms with Crippen LogP contribution in [0.1, 0.15) is 85.3 Å². The van der Waals surface area contributed by atoms with Crippen LogP contribution in [-0.2, 0) is 41.6 Å². The van der Waals surface area contributed by atoms with E-state index in [0.717, 1.165) is 35.5 Å². The normalized spacial score (nSPS) is 25.4. The molecule has 0 amide bonds. The molecule has 2 heterocycles. The highest BCUT2D eigenvalue weighted by atomic mass is 16.7. The van der Waals surface area contributed by atoms with Crippen molar-refractivity contribution in [2.24, 2.45) is 11.8 Å². The summed E-state index contributed by atoms with van der Waals surface area (Å²) in [6.07, 6.45) is 12.4. The van der Waals surface area contributed by atoms with Gasteiger partial charge in [-0.15, -0.1) is 6.42 Å². The molecule has 0 aliphatic carbocycles. The summed E-state index contributed by atoms with van der Waals surface area (Å²) in [6, 6.07) is 15.8. The van der Waals surface area contributed by atoms with E-state index in [-0.39, 0.29) is 42.5 Å². The zero-order chi connectivity index (χ0) is 35.6. The van der Waals surface area contributed by atoms with E-state index in [0.29, 0.717) is 32.0 Å². The monoisotopic (exact) mass is 678 g/mol. The minimum atomic E-state index is -0.754. The highest BCUT2D eigenvalue weighted by Crippen LogP contribution is 2.36. The SMILES string of the molecule is C#C[C@H](C[C@H]1C[C@@H](C[C@@H]2C[C@H](/C=C/[C@H](C)[C@@H](OCc3ccc(OC)cc3)C(C)C)OC(C)(C)O2)OC(C)(C)O1)OCc1ccc(OC)cc1. The molecule has 270 valence electrons. The van der Waals surface area contributed by atoms with Gasteiger partial charge in [-0.3, -0.25) is 0 Å². The third-order valence-corrected chi connectivity index (χ3v) is 9.01. The van der Waals surface area contributed by atoms with Crippen LogP contribution in [0.5, 0.6) is 11.5 Å². The molecule has 2 aliphatic heterocycles. The van der Waals surface area contributed by atoms with E-state index < -0.39 is 11.6 Å². The van der Waals surface area contributed by atoms with Crippen molar-refractivity contribution in [3.8, 4) is 23.8 Å². The van der Waals surface area contributed by atoms with Gasteiger partial charge in [0.15, 0.2) is 11.6 Å². The van der Waals surface area contributed by atoms with Crippen LogP contribution >= 0.6 is 0 Å². The van der Waals surface area contributed by atoms with Crippen LogP contribution < -0.4 is 9.47 Å². The molecule has 2 fully saturated rings. The van der Waals surface area contributed by atoms with Crippen molar-refractivity contribution in [1.29, 1.82) is 0 Å². The molecule has 2 aliphatic rings. The maximum absolute atomic E-state index is 6.44. The Morgan fingerprint density at radius 2 is 1.27 bits per heavy atom. The standard InChI is InChI=1S/C41H58O8/c1-11-32(44-26-30-13-18-33(42-9)19-14-30)22-36-24-38(49-41(7,8)47-36)25-37-23-35(46-40(5,6)48-37)17-12-29(4)39(28(2)3)45-27-31-15-20-34(43-10)21-16-31/h1,12-21,28-29,32,35-39H,22-27H2,2-10H3/b17-12+/t29-,32+,35-,36-,37-,38-,39-/m0/s1. The fraction of sp³-hybridized carbons (Fsp3) is 0.610. The number of hydrogen-bond acceptors (Lipinski definition) is 8. The Labute approximate surface area is 294 Å². The predicted molar refractivity (Wildman–Crippen MR) is 191 cm³/mol. The summed E-state index contributed by atoms with van der Waals surface area (Å²) in [5, 5.41) is 0. The summed E-state index contributed by atoms with van der Waals surface area (Å²) in [6.45, 7) is 15.5. The first-order valence-electron chi connectivity index (χ1n) is 17.6. The zero-order valence-corrected chi connectivity index (χ0v) is 31.0. The van der Waals surface area contributed by atoms with E-state index in [1.807, 2.05) is 76.2 Å². The molecule has 0 spiro atoms. The molecule has 0 aromatic heterocycles. The summed E-state index contributed by atoms with van der Waals surface area (Å²) in [7, 11) is 3.33. The Morgan fingerprint density at radius 1 is 0.755 bits per heavy atom. The lowest BCUT2D eigenvalue weighted by Gasteiger charge is -2.45. The van der Waals surface area contributed by atoms with Crippen molar-refractivity contribution in [2.45, 2.75) is 136 Å². The number of terminal acetylenes is 1. The van der Waals surface area contributed by atoms with Crippen LogP contribution in [0.2, 0.25) is 0 Å². The second-order valence-electron chi connectivity index (χ2n) is 14.5. The Hall–Kier alpha value is -2.90. The Morgan fingerprint density at radius 3 is 1.80 bits per heavy atom. The Bertz CT molecular complexity index is 1340. The fourth-order valence-electron chi connectivity index (χ4n) is 6.83. The van der Waals surface area contributed by atoms with E-state index in [1.165, 1.54) is 0 Å². The Balaban J connectivity index is 1.32. The molecule has 0 unspecified atom stereocenters. The summed E-state index contributed by atoms with van der Waals surface area (Å²) in [5.41, 5.74) is 2.15. The number of ether oxygens (including phenoxy) is 8. The number of rotatable bonds is 16. The first kappa shape index (κ1) is 38.9.